The zero-order valence-corrected chi connectivity index (χ0v) is 21.3. The van der Waals surface area contributed by atoms with E-state index in [0.29, 0.717) is 34.7 Å². The lowest BCUT2D eigenvalue weighted by Crippen LogP contribution is -2.28. The Hall–Kier alpha value is -3.39. The normalized spacial score (nSPS) is 13.3. The fraction of sp³-hybridized carbons (Fsp3) is 0.357. The standard InChI is InChI=1S/C28H31N3O4S/c1-35-27(34)22-12-13-23-24(18-22)30-28(31(26(23)33)17-15-21-10-6-3-7-11-21)36-19-25(32)29-16-14-20-8-4-2-5-9-20/h2,4-5,8-10,12-13,18H,3,6-7,11,14-17,19H2,1H3,(H,29,32). The van der Waals surface area contributed by atoms with Gasteiger partial charge in [0.2, 0.25) is 5.91 Å². The van der Waals surface area contributed by atoms with Gasteiger partial charge in [0.05, 0.1) is 29.3 Å². The molecule has 4 rings (SSSR count). The Balaban J connectivity index is 1.52. The van der Waals surface area contributed by atoms with E-state index in [1.807, 2.05) is 30.3 Å². The van der Waals surface area contributed by atoms with Gasteiger partial charge < -0.3 is 10.1 Å². The number of amides is 1. The van der Waals surface area contributed by atoms with Gasteiger partial charge >= 0.3 is 5.97 Å². The Morgan fingerprint density at radius 1 is 1.11 bits per heavy atom. The van der Waals surface area contributed by atoms with Gasteiger partial charge in [0.1, 0.15) is 0 Å². The summed E-state index contributed by atoms with van der Waals surface area (Å²) in [6, 6.07) is 14.8. The lowest BCUT2D eigenvalue weighted by Gasteiger charge is -2.16. The first-order valence-electron chi connectivity index (χ1n) is 12.3. The molecule has 36 heavy (non-hydrogen) atoms. The molecule has 1 aliphatic carbocycles. The van der Waals surface area contributed by atoms with E-state index in [1.165, 1.54) is 37.3 Å². The predicted octanol–water partition coefficient (Wildman–Crippen LogP) is 4.52. The molecule has 188 valence electrons. The van der Waals surface area contributed by atoms with Crippen LogP contribution in [0.2, 0.25) is 0 Å². The number of carbonyl (C=O) groups is 2. The van der Waals surface area contributed by atoms with Crippen LogP contribution in [0.3, 0.4) is 0 Å². The van der Waals surface area contributed by atoms with E-state index in [0.717, 1.165) is 31.2 Å². The SMILES string of the molecule is COC(=O)c1ccc2c(=O)n(CCC3=CCCCC3)c(SCC(=O)NCCc3ccccc3)nc2c1. The minimum atomic E-state index is -0.487. The summed E-state index contributed by atoms with van der Waals surface area (Å²) in [7, 11) is 1.32. The lowest BCUT2D eigenvalue weighted by atomic mass is 9.97. The van der Waals surface area contributed by atoms with Crippen molar-refractivity contribution >= 4 is 34.5 Å². The molecule has 0 spiro atoms. The van der Waals surface area contributed by atoms with Crippen molar-refractivity contribution in [2.45, 2.75) is 50.2 Å². The Morgan fingerprint density at radius 3 is 2.69 bits per heavy atom. The van der Waals surface area contributed by atoms with Crippen molar-refractivity contribution in [3.63, 3.8) is 0 Å². The molecule has 0 unspecified atom stereocenters. The molecule has 0 saturated heterocycles. The molecule has 7 nitrogen and oxygen atoms in total. The summed E-state index contributed by atoms with van der Waals surface area (Å²) >= 11 is 1.24. The average Bonchev–Trinajstić information content (AvgIpc) is 2.92. The molecule has 0 bridgehead atoms. The highest BCUT2D eigenvalue weighted by molar-refractivity contribution is 7.99. The van der Waals surface area contributed by atoms with E-state index in [1.54, 1.807) is 22.8 Å². The van der Waals surface area contributed by atoms with Gasteiger partial charge in [-0.3, -0.25) is 14.2 Å². The second-order valence-corrected chi connectivity index (χ2v) is 9.75. The number of esters is 1. The first-order chi connectivity index (χ1) is 17.5. The second-order valence-electron chi connectivity index (χ2n) is 8.81. The molecule has 0 radical (unpaired) electrons. The number of methoxy groups -OCH3 is 1. The summed E-state index contributed by atoms with van der Waals surface area (Å²) in [5.74, 6) is -0.458. The van der Waals surface area contributed by atoms with Gasteiger partial charge in [-0.2, -0.15) is 0 Å². The molecule has 3 aromatic rings. The number of aromatic nitrogens is 2. The van der Waals surface area contributed by atoms with Crippen LogP contribution >= 0.6 is 11.8 Å². The van der Waals surface area contributed by atoms with E-state index >= 15 is 0 Å². The van der Waals surface area contributed by atoms with Crippen LogP contribution in [0.5, 0.6) is 0 Å². The number of nitrogens with one attached hydrogen (secondary N) is 1. The van der Waals surface area contributed by atoms with E-state index in [4.69, 9.17) is 9.72 Å². The van der Waals surface area contributed by atoms with Crippen LogP contribution < -0.4 is 10.9 Å². The third-order valence-electron chi connectivity index (χ3n) is 6.29. The number of carbonyl (C=O) groups excluding carboxylic acids is 2. The molecule has 0 aliphatic heterocycles. The number of hydrogen-bond donors (Lipinski definition) is 1. The Kier molecular flexibility index (Phi) is 8.95. The number of fused-ring (bicyclic) bond motifs is 1. The molecule has 1 aromatic heterocycles. The van der Waals surface area contributed by atoms with Gasteiger partial charge in [0.25, 0.3) is 5.56 Å². The molecule has 1 N–H and O–H groups in total. The van der Waals surface area contributed by atoms with Crippen LogP contribution in [0, 0.1) is 0 Å². The maximum Gasteiger partial charge on any atom is 0.337 e. The molecule has 2 aromatic carbocycles. The quantitative estimate of drug-likeness (QED) is 0.189. The van der Waals surface area contributed by atoms with Crippen LogP contribution in [0.15, 0.2) is 70.1 Å². The number of rotatable bonds is 10. The van der Waals surface area contributed by atoms with Crippen molar-refractivity contribution in [3.8, 4) is 0 Å². The lowest BCUT2D eigenvalue weighted by molar-refractivity contribution is -0.118. The largest absolute Gasteiger partial charge is 0.465 e. The van der Waals surface area contributed by atoms with Gasteiger partial charge in [-0.1, -0.05) is 53.7 Å². The molecular formula is C28H31N3O4S. The maximum atomic E-state index is 13.4. The van der Waals surface area contributed by atoms with Crippen molar-refractivity contribution in [2.75, 3.05) is 19.4 Å². The summed E-state index contributed by atoms with van der Waals surface area (Å²) in [4.78, 5) is 42.6. The number of nitrogens with zero attached hydrogens (tertiary/aromatic N) is 2. The molecular weight excluding hydrogens is 474 g/mol. The van der Waals surface area contributed by atoms with E-state index in [9.17, 15) is 14.4 Å². The number of benzene rings is 2. The Labute approximate surface area is 215 Å². The number of allylic oxidation sites excluding steroid dienone is 2. The third kappa shape index (κ3) is 6.63. The molecule has 1 aliphatic rings. The minimum absolute atomic E-state index is 0.116. The van der Waals surface area contributed by atoms with E-state index in [2.05, 4.69) is 11.4 Å². The monoisotopic (exact) mass is 505 g/mol. The van der Waals surface area contributed by atoms with Crippen LogP contribution in [0.25, 0.3) is 10.9 Å². The van der Waals surface area contributed by atoms with Crippen molar-refractivity contribution in [3.05, 3.63) is 81.7 Å². The van der Waals surface area contributed by atoms with Crippen molar-refractivity contribution < 1.29 is 14.3 Å². The average molecular weight is 506 g/mol. The molecule has 0 atom stereocenters. The Bertz CT molecular complexity index is 1320. The zero-order valence-electron chi connectivity index (χ0n) is 20.5. The number of hydrogen-bond acceptors (Lipinski definition) is 6. The maximum absolute atomic E-state index is 13.4. The topological polar surface area (TPSA) is 90.3 Å². The van der Waals surface area contributed by atoms with Gasteiger partial charge in [-0.25, -0.2) is 9.78 Å². The first kappa shape index (κ1) is 25.7. The summed E-state index contributed by atoms with van der Waals surface area (Å²) in [6.07, 6.45) is 8.35. The van der Waals surface area contributed by atoms with Crippen molar-refractivity contribution in [2.24, 2.45) is 0 Å². The third-order valence-corrected chi connectivity index (χ3v) is 7.27. The van der Waals surface area contributed by atoms with Crippen LogP contribution in [0.1, 0.15) is 48.0 Å². The van der Waals surface area contributed by atoms with Crippen molar-refractivity contribution in [1.82, 2.24) is 14.9 Å². The van der Waals surface area contributed by atoms with Gasteiger partial charge in [0.15, 0.2) is 5.16 Å². The van der Waals surface area contributed by atoms with Crippen molar-refractivity contribution in [1.29, 1.82) is 0 Å². The minimum Gasteiger partial charge on any atom is -0.465 e. The van der Waals surface area contributed by atoms with Gasteiger partial charge in [-0.05, 0) is 62.3 Å². The first-order valence-corrected chi connectivity index (χ1v) is 13.3. The molecule has 8 heteroatoms. The molecule has 0 fully saturated rings. The summed E-state index contributed by atoms with van der Waals surface area (Å²) < 4.78 is 6.47. The fourth-order valence-corrected chi connectivity index (χ4v) is 5.17. The number of thioether (sulfide) groups is 1. The predicted molar refractivity (Wildman–Crippen MR) is 142 cm³/mol. The highest BCUT2D eigenvalue weighted by atomic mass is 32.2. The second kappa shape index (κ2) is 12.5. The van der Waals surface area contributed by atoms with Gasteiger partial charge in [-0.15, -0.1) is 0 Å². The summed E-state index contributed by atoms with van der Waals surface area (Å²) in [6.45, 7) is 1.04. The van der Waals surface area contributed by atoms with E-state index in [-0.39, 0.29) is 17.2 Å². The van der Waals surface area contributed by atoms with Gasteiger partial charge in [0, 0.05) is 13.1 Å². The smallest absolute Gasteiger partial charge is 0.337 e. The summed E-state index contributed by atoms with van der Waals surface area (Å²) in [5.41, 5.74) is 3.11. The molecule has 1 amide bonds. The Morgan fingerprint density at radius 2 is 1.94 bits per heavy atom. The summed E-state index contributed by atoms with van der Waals surface area (Å²) in [5, 5.41) is 3.86. The van der Waals surface area contributed by atoms with Crippen LogP contribution in [-0.2, 0) is 22.5 Å². The van der Waals surface area contributed by atoms with E-state index < -0.39 is 5.97 Å². The van der Waals surface area contributed by atoms with Crippen LogP contribution in [0.4, 0.5) is 0 Å². The highest BCUT2D eigenvalue weighted by Gasteiger charge is 2.16. The molecule has 1 heterocycles. The fourth-order valence-electron chi connectivity index (χ4n) is 4.31. The van der Waals surface area contributed by atoms with Crippen LogP contribution in [-0.4, -0.2) is 40.8 Å². The molecule has 0 saturated carbocycles. The zero-order chi connectivity index (χ0) is 25.3. The number of ether oxygens (including phenoxy) is 1. The highest BCUT2D eigenvalue weighted by Crippen LogP contribution is 2.23.